The summed E-state index contributed by atoms with van der Waals surface area (Å²) in [6, 6.07) is 8.39. The summed E-state index contributed by atoms with van der Waals surface area (Å²) in [5, 5.41) is 8.36. The second-order valence-corrected chi connectivity index (χ2v) is 4.84. The number of hydrogen-bond donors (Lipinski definition) is 1. The van der Waals surface area contributed by atoms with Gasteiger partial charge in [0.25, 0.3) is 10.1 Å². The third-order valence-electron chi connectivity index (χ3n) is 2.24. The Hall–Kier alpha value is 0.256. The molecule has 6 heteroatoms. The molecule has 0 aliphatic heterocycles. The van der Waals surface area contributed by atoms with Crippen molar-refractivity contribution in [2.24, 2.45) is 0 Å². The second-order valence-electron chi connectivity index (χ2n) is 3.45. The van der Waals surface area contributed by atoms with Crippen LogP contribution in [0.25, 0.3) is 0 Å². The van der Waals surface area contributed by atoms with Gasteiger partial charge in [-0.15, -0.1) is 0 Å². The molecule has 17 heavy (non-hydrogen) atoms. The van der Waals surface area contributed by atoms with E-state index >= 15 is 0 Å². The number of aryl methyl sites for hydroxylation is 1. The molecule has 0 heterocycles. The van der Waals surface area contributed by atoms with Gasteiger partial charge in [-0.05, 0) is 30.9 Å². The first-order valence-electron chi connectivity index (χ1n) is 4.98. The van der Waals surface area contributed by atoms with Crippen LogP contribution in [0.15, 0.2) is 29.2 Å². The molecule has 0 saturated carbocycles. The van der Waals surface area contributed by atoms with Crippen molar-refractivity contribution in [2.75, 3.05) is 0 Å². The zero-order chi connectivity index (χ0) is 12.0. The molecule has 0 aliphatic rings. The summed E-state index contributed by atoms with van der Waals surface area (Å²) in [5.41, 5.74) is 0.600. The molecule has 0 bridgehead atoms. The third-order valence-corrected chi connectivity index (χ3v) is 3.19. The van der Waals surface area contributed by atoms with Gasteiger partial charge in [-0.2, -0.15) is 13.7 Å². The smallest absolute Gasteiger partial charge is 0.282 e. The van der Waals surface area contributed by atoms with E-state index in [2.05, 4.69) is 0 Å². The molecule has 1 aromatic carbocycles. The van der Waals surface area contributed by atoms with E-state index in [9.17, 15) is 8.42 Å². The van der Waals surface area contributed by atoms with Gasteiger partial charge in [-0.25, -0.2) is 0 Å². The quantitative estimate of drug-likeness (QED) is 0.506. The number of benzene rings is 1. The zero-order valence-electron chi connectivity index (χ0n) is 9.76. The molecule has 1 N–H and O–H groups in total. The van der Waals surface area contributed by atoms with Crippen LogP contribution in [0.3, 0.4) is 0 Å². The molecule has 1 radical (unpaired) electrons. The van der Waals surface area contributed by atoms with E-state index in [1.165, 1.54) is 6.07 Å². The van der Waals surface area contributed by atoms with Gasteiger partial charge >= 0.3 is 0 Å². The van der Waals surface area contributed by atoms with E-state index < -0.39 is 10.1 Å². The summed E-state index contributed by atoms with van der Waals surface area (Å²) >= 11 is 0. The number of rotatable bonds is 5. The van der Waals surface area contributed by atoms with Crippen molar-refractivity contribution in [3.8, 4) is 6.07 Å². The van der Waals surface area contributed by atoms with Gasteiger partial charge in [-0.1, -0.05) is 18.2 Å². The fraction of sp³-hybridized carbons (Fsp3) is 0.364. The molecule has 0 amide bonds. The molecule has 87 valence electrons. The Balaban J connectivity index is 0.00000256. The molecule has 1 rings (SSSR count). The molecular weight excluding hydrogens is 265 g/mol. The van der Waals surface area contributed by atoms with Crippen LogP contribution >= 0.6 is 0 Å². The maximum absolute atomic E-state index is 11.0. The molecule has 0 aliphatic carbocycles. The fourth-order valence-corrected chi connectivity index (χ4v) is 2.23. The van der Waals surface area contributed by atoms with E-state index in [0.717, 1.165) is 12.8 Å². The van der Waals surface area contributed by atoms with Gasteiger partial charge < -0.3 is 0 Å². The normalized spacial score (nSPS) is 10.4. The van der Waals surface area contributed by atoms with Crippen LogP contribution in [0, 0.1) is 11.3 Å². The number of nitriles is 1. The van der Waals surface area contributed by atoms with Crippen molar-refractivity contribution < 1.29 is 13.0 Å². The average molecular weight is 278 g/mol. The van der Waals surface area contributed by atoms with Gasteiger partial charge in [0.1, 0.15) is 0 Å². The van der Waals surface area contributed by atoms with Crippen molar-refractivity contribution in [1.29, 1.82) is 5.26 Å². The molecule has 0 fully saturated rings. The van der Waals surface area contributed by atoms with Gasteiger partial charge in [-0.3, -0.25) is 4.55 Å². The van der Waals surface area contributed by atoms with Crippen molar-refractivity contribution in [3.63, 3.8) is 0 Å². The molecule has 0 atom stereocenters. The Morgan fingerprint density at radius 1 is 1.24 bits per heavy atom. The first kappa shape index (κ1) is 17.3. The summed E-state index contributed by atoms with van der Waals surface area (Å²) in [6.45, 7) is 0. The monoisotopic (exact) mass is 278 g/mol. The SMILES string of the molecule is N#CCCCCc1ccccc1S(=O)(=O)O.[K]. The van der Waals surface area contributed by atoms with Crippen molar-refractivity contribution >= 4 is 61.5 Å². The Labute approximate surface area is 144 Å². The van der Waals surface area contributed by atoms with Crippen LogP contribution < -0.4 is 0 Å². The van der Waals surface area contributed by atoms with Crippen LogP contribution in [-0.2, 0) is 16.5 Å². The summed E-state index contributed by atoms with van der Waals surface area (Å²) in [4.78, 5) is -0.0352. The molecule has 4 nitrogen and oxygen atoms in total. The summed E-state index contributed by atoms with van der Waals surface area (Å²) in [6.07, 6.45) is 2.49. The Bertz CT molecular complexity index is 494. The summed E-state index contributed by atoms with van der Waals surface area (Å²) in [7, 11) is -4.14. The van der Waals surface area contributed by atoms with Crippen molar-refractivity contribution in [1.82, 2.24) is 0 Å². The zero-order valence-corrected chi connectivity index (χ0v) is 13.7. The standard InChI is InChI=1S/C11H13NO3S.K/c12-9-5-1-2-6-10-7-3-4-8-11(10)16(13,14)15;/h3-4,7-8H,1-2,5-6H2,(H,13,14,15);. The first-order chi connectivity index (χ1) is 7.55. The third kappa shape index (κ3) is 6.11. The maximum atomic E-state index is 11.0. The van der Waals surface area contributed by atoms with Gasteiger partial charge in [0.2, 0.25) is 0 Å². The fourth-order valence-electron chi connectivity index (χ4n) is 1.48. The Morgan fingerprint density at radius 2 is 1.88 bits per heavy atom. The van der Waals surface area contributed by atoms with E-state index in [4.69, 9.17) is 9.81 Å². The van der Waals surface area contributed by atoms with E-state index in [0.29, 0.717) is 18.4 Å². The van der Waals surface area contributed by atoms with E-state index in [1.807, 2.05) is 6.07 Å². The maximum Gasteiger partial charge on any atom is 0.294 e. The van der Waals surface area contributed by atoms with Crippen LogP contribution in [0.1, 0.15) is 24.8 Å². The minimum absolute atomic E-state index is 0. The minimum atomic E-state index is -4.14. The van der Waals surface area contributed by atoms with Gasteiger partial charge in [0.15, 0.2) is 0 Å². The van der Waals surface area contributed by atoms with Gasteiger partial charge in [0, 0.05) is 57.8 Å². The molecule has 0 saturated heterocycles. The first-order valence-corrected chi connectivity index (χ1v) is 6.42. The van der Waals surface area contributed by atoms with Crippen LogP contribution in [0.5, 0.6) is 0 Å². The largest absolute Gasteiger partial charge is 0.294 e. The minimum Gasteiger partial charge on any atom is -0.282 e. The second kappa shape index (κ2) is 8.37. The van der Waals surface area contributed by atoms with Crippen LogP contribution in [0.4, 0.5) is 0 Å². The summed E-state index contributed by atoms with van der Waals surface area (Å²) in [5.74, 6) is 0. The van der Waals surface area contributed by atoms with E-state index in [-0.39, 0.29) is 56.3 Å². The predicted molar refractivity (Wildman–Crippen MR) is 65.2 cm³/mol. The van der Waals surface area contributed by atoms with Crippen molar-refractivity contribution in [2.45, 2.75) is 30.6 Å². The Kier molecular flexibility index (Phi) is 8.50. The predicted octanol–water partition coefficient (Wildman–Crippen LogP) is 1.79. The number of nitrogens with zero attached hydrogens (tertiary/aromatic N) is 1. The number of hydrogen-bond acceptors (Lipinski definition) is 3. The van der Waals surface area contributed by atoms with Crippen LogP contribution in [-0.4, -0.2) is 64.4 Å². The molecular formula is C11H13KNO3S. The average Bonchev–Trinajstić information content (AvgIpc) is 2.24. The molecule has 1 aromatic rings. The summed E-state index contributed by atoms with van der Waals surface area (Å²) < 4.78 is 31.1. The molecule has 0 aromatic heterocycles. The molecule has 0 spiro atoms. The number of unbranched alkanes of at least 4 members (excludes halogenated alkanes) is 2. The van der Waals surface area contributed by atoms with Gasteiger partial charge in [0.05, 0.1) is 11.0 Å². The topological polar surface area (TPSA) is 78.2 Å². The van der Waals surface area contributed by atoms with Crippen molar-refractivity contribution in [3.05, 3.63) is 29.8 Å². The molecule has 0 unspecified atom stereocenters. The Morgan fingerprint density at radius 3 is 2.47 bits per heavy atom. The van der Waals surface area contributed by atoms with E-state index in [1.54, 1.807) is 18.2 Å². The van der Waals surface area contributed by atoms with Crippen LogP contribution in [0.2, 0.25) is 0 Å².